The quantitative estimate of drug-likeness (QED) is 0.718. The van der Waals surface area contributed by atoms with Gasteiger partial charge >= 0.3 is 0 Å². The third-order valence-electron chi connectivity index (χ3n) is 8.44. The van der Waals surface area contributed by atoms with E-state index in [1.165, 1.54) is 44.1 Å². The molecule has 0 radical (unpaired) electrons. The molecule has 5 nitrogen and oxygen atoms in total. The first kappa shape index (κ1) is 18.7. The van der Waals surface area contributed by atoms with E-state index in [9.17, 15) is 4.79 Å². The van der Waals surface area contributed by atoms with Gasteiger partial charge in [-0.05, 0) is 82.1 Å². The van der Waals surface area contributed by atoms with E-state index in [2.05, 4.69) is 65.2 Å². The first-order chi connectivity index (χ1) is 14.4. The molecule has 1 amide bonds. The first-order valence-electron chi connectivity index (χ1n) is 11.8. The van der Waals surface area contributed by atoms with Crippen molar-refractivity contribution in [3.63, 3.8) is 0 Å². The van der Waals surface area contributed by atoms with E-state index in [4.69, 9.17) is 0 Å². The van der Waals surface area contributed by atoms with Crippen LogP contribution in [-0.2, 0) is 4.79 Å². The van der Waals surface area contributed by atoms with Crippen LogP contribution in [0.15, 0.2) is 41.7 Å². The zero-order valence-electron chi connectivity index (χ0n) is 18.2. The third-order valence-corrected chi connectivity index (χ3v) is 8.44. The molecule has 30 heavy (non-hydrogen) atoms. The van der Waals surface area contributed by atoms with E-state index < -0.39 is 0 Å². The molecule has 7 rings (SSSR count). The molecule has 4 saturated carbocycles. The zero-order valence-corrected chi connectivity index (χ0v) is 18.2. The molecule has 0 unspecified atom stereocenters. The maximum absolute atomic E-state index is 13.6. The van der Waals surface area contributed by atoms with Gasteiger partial charge in [-0.25, -0.2) is 5.43 Å². The van der Waals surface area contributed by atoms with Gasteiger partial charge in [0.05, 0.1) is 17.2 Å². The molecule has 1 aromatic carbocycles. The van der Waals surface area contributed by atoms with Crippen molar-refractivity contribution in [2.24, 2.45) is 17.8 Å². The molecular formula is C25H34N4O. The molecule has 1 aromatic rings. The van der Waals surface area contributed by atoms with Crippen LogP contribution in [-0.4, -0.2) is 28.5 Å². The van der Waals surface area contributed by atoms with E-state index >= 15 is 0 Å². The summed E-state index contributed by atoms with van der Waals surface area (Å²) in [6.07, 6.45) is 8.74. The van der Waals surface area contributed by atoms with Gasteiger partial charge in [0.25, 0.3) is 5.91 Å². The average molecular weight is 407 g/mol. The molecule has 5 fully saturated rings. The van der Waals surface area contributed by atoms with Gasteiger partial charge in [-0.15, -0.1) is 0 Å². The number of nitrogens with one attached hydrogen (secondary N) is 3. The molecule has 3 N–H and O–H groups in total. The molecular weight excluding hydrogens is 372 g/mol. The van der Waals surface area contributed by atoms with E-state index in [1.54, 1.807) is 0 Å². The van der Waals surface area contributed by atoms with Gasteiger partial charge in [-0.1, -0.05) is 30.3 Å². The number of hydrogen-bond acceptors (Lipinski definition) is 4. The lowest BCUT2D eigenvalue weighted by Gasteiger charge is -2.57. The zero-order chi connectivity index (χ0) is 20.5. The summed E-state index contributed by atoms with van der Waals surface area (Å²) in [5.74, 6) is 3.62. The predicted molar refractivity (Wildman–Crippen MR) is 117 cm³/mol. The van der Waals surface area contributed by atoms with Crippen LogP contribution in [0.5, 0.6) is 0 Å². The predicted octanol–water partition coefficient (Wildman–Crippen LogP) is 3.62. The monoisotopic (exact) mass is 406 g/mol. The van der Waals surface area contributed by atoms with Crippen molar-refractivity contribution < 1.29 is 4.79 Å². The Morgan fingerprint density at radius 1 is 1.00 bits per heavy atom. The molecule has 2 heterocycles. The van der Waals surface area contributed by atoms with Gasteiger partial charge < -0.3 is 10.6 Å². The van der Waals surface area contributed by atoms with Crippen LogP contribution < -0.4 is 16.1 Å². The SMILES string of the molecule is CC1(C)C[C@H](c2ccccc2)NC2=C(C(=O)NC34CC5CC(CC(C5)C3)C4)CNN21. The lowest BCUT2D eigenvalue weighted by Crippen LogP contribution is -2.60. The van der Waals surface area contributed by atoms with E-state index in [1.807, 2.05) is 0 Å². The third kappa shape index (κ3) is 2.96. The van der Waals surface area contributed by atoms with Crippen molar-refractivity contribution in [2.75, 3.05) is 6.54 Å². The number of amides is 1. The minimum atomic E-state index is -0.0657. The molecule has 4 bridgehead atoms. The number of rotatable bonds is 3. The van der Waals surface area contributed by atoms with Crippen LogP contribution in [0.25, 0.3) is 0 Å². The van der Waals surface area contributed by atoms with Crippen molar-refractivity contribution in [3.05, 3.63) is 47.3 Å². The lowest BCUT2D eigenvalue weighted by atomic mass is 9.53. The largest absolute Gasteiger partial charge is 0.363 e. The highest BCUT2D eigenvalue weighted by atomic mass is 16.2. The van der Waals surface area contributed by atoms with Gasteiger partial charge in [0.2, 0.25) is 0 Å². The molecule has 5 heteroatoms. The summed E-state index contributed by atoms with van der Waals surface area (Å²) in [6.45, 7) is 5.12. The van der Waals surface area contributed by atoms with Crippen LogP contribution in [0.4, 0.5) is 0 Å². The highest BCUT2D eigenvalue weighted by molar-refractivity contribution is 5.95. The number of nitrogens with zero attached hydrogens (tertiary/aromatic N) is 1. The number of hydrazine groups is 1. The second-order valence-electron chi connectivity index (χ2n) is 11.3. The minimum absolute atomic E-state index is 0.0514. The van der Waals surface area contributed by atoms with Crippen molar-refractivity contribution in [1.82, 2.24) is 21.1 Å². The summed E-state index contributed by atoms with van der Waals surface area (Å²) in [4.78, 5) is 13.6. The van der Waals surface area contributed by atoms with Gasteiger partial charge in [0, 0.05) is 12.1 Å². The number of hydrogen-bond donors (Lipinski definition) is 3. The lowest BCUT2D eigenvalue weighted by molar-refractivity contribution is -0.123. The highest BCUT2D eigenvalue weighted by Gasteiger charge is 2.52. The molecule has 1 saturated heterocycles. The van der Waals surface area contributed by atoms with E-state index in [-0.39, 0.29) is 23.0 Å². The molecule has 6 aliphatic rings. The fourth-order valence-electron chi connectivity index (χ4n) is 7.59. The van der Waals surface area contributed by atoms with Crippen LogP contribution in [0.3, 0.4) is 0 Å². The molecule has 0 spiro atoms. The highest BCUT2D eigenvalue weighted by Crippen LogP contribution is 2.55. The molecule has 0 aromatic heterocycles. The van der Waals surface area contributed by atoms with Crippen molar-refractivity contribution in [1.29, 1.82) is 0 Å². The topological polar surface area (TPSA) is 56.4 Å². The van der Waals surface area contributed by atoms with Crippen LogP contribution in [0.1, 0.15) is 70.4 Å². The Kier molecular flexibility index (Phi) is 4.05. The Morgan fingerprint density at radius 3 is 2.27 bits per heavy atom. The van der Waals surface area contributed by atoms with Crippen molar-refractivity contribution in [3.8, 4) is 0 Å². The summed E-state index contributed by atoms with van der Waals surface area (Å²) in [5.41, 5.74) is 5.64. The maximum Gasteiger partial charge on any atom is 0.252 e. The fraction of sp³-hybridized carbons (Fsp3) is 0.640. The van der Waals surface area contributed by atoms with E-state index in [0.717, 1.165) is 35.6 Å². The molecule has 1 atom stereocenters. The standard InChI is InChI=1S/C25H34N4O/c1-24(2)14-21(19-6-4-3-5-7-19)27-22-20(15-26-29(22)24)23(30)28-25-11-16-8-17(12-25)10-18(9-16)13-25/h3-7,16-18,21,26-27H,8-15H2,1-2H3,(H,28,30)/t16?,17?,18?,21-,25?/m1/s1. The van der Waals surface area contributed by atoms with Crippen LogP contribution in [0, 0.1) is 17.8 Å². The first-order valence-corrected chi connectivity index (χ1v) is 11.8. The summed E-state index contributed by atoms with van der Waals surface area (Å²) >= 11 is 0. The second kappa shape index (κ2) is 6.49. The second-order valence-corrected chi connectivity index (χ2v) is 11.3. The number of benzene rings is 1. The molecule has 4 aliphatic carbocycles. The normalized spacial score (nSPS) is 38.4. The Hall–Kier alpha value is -2.01. The van der Waals surface area contributed by atoms with Gasteiger partial charge in [0.15, 0.2) is 0 Å². The smallest absolute Gasteiger partial charge is 0.252 e. The molecule has 2 aliphatic heterocycles. The van der Waals surface area contributed by atoms with E-state index in [0.29, 0.717) is 6.54 Å². The van der Waals surface area contributed by atoms with Crippen LogP contribution in [0.2, 0.25) is 0 Å². The van der Waals surface area contributed by atoms with Crippen LogP contribution >= 0.6 is 0 Å². The van der Waals surface area contributed by atoms with Gasteiger partial charge in [-0.3, -0.25) is 9.80 Å². The maximum atomic E-state index is 13.6. The fourth-order valence-corrected chi connectivity index (χ4v) is 7.59. The van der Waals surface area contributed by atoms with Gasteiger partial charge in [-0.2, -0.15) is 0 Å². The summed E-state index contributed by atoms with van der Waals surface area (Å²) in [7, 11) is 0. The van der Waals surface area contributed by atoms with Crippen molar-refractivity contribution in [2.45, 2.75) is 75.9 Å². The summed E-state index contributed by atoms with van der Waals surface area (Å²) < 4.78 is 0. The minimum Gasteiger partial charge on any atom is -0.363 e. The Labute approximate surface area is 179 Å². The average Bonchev–Trinajstić information content (AvgIpc) is 3.12. The Balaban J connectivity index is 1.28. The number of fused-ring (bicyclic) bond motifs is 1. The molecule has 160 valence electrons. The van der Waals surface area contributed by atoms with Gasteiger partial charge in [0.1, 0.15) is 5.82 Å². The Morgan fingerprint density at radius 2 is 1.63 bits per heavy atom. The number of carbonyl (C=O) groups is 1. The summed E-state index contributed by atoms with van der Waals surface area (Å²) in [5, 5.41) is 9.48. The Bertz CT molecular complexity index is 854. The summed E-state index contributed by atoms with van der Waals surface area (Å²) in [6, 6.07) is 10.8. The number of carbonyl (C=O) groups excluding carboxylic acids is 1. The van der Waals surface area contributed by atoms with Crippen molar-refractivity contribution >= 4 is 5.91 Å².